The molecule has 0 spiro atoms. The molecule has 0 unspecified atom stereocenters. The van der Waals surface area contributed by atoms with Crippen LogP contribution >= 0.6 is 0 Å². The van der Waals surface area contributed by atoms with E-state index in [-0.39, 0.29) is 12.3 Å². The number of aromatic hydroxyl groups is 1. The fourth-order valence-electron chi connectivity index (χ4n) is 2.05. The zero-order valence-corrected chi connectivity index (χ0v) is 13.9. The van der Waals surface area contributed by atoms with Gasteiger partial charge in [-0.3, -0.25) is 5.32 Å². The molecule has 0 atom stereocenters. The molecule has 2 aromatic rings. The number of halogens is 1. The van der Waals surface area contributed by atoms with Crippen LogP contribution in [0.1, 0.15) is 26.3 Å². The van der Waals surface area contributed by atoms with Gasteiger partial charge in [0.1, 0.15) is 5.60 Å². The van der Waals surface area contributed by atoms with Gasteiger partial charge in [-0.1, -0.05) is 24.3 Å². The van der Waals surface area contributed by atoms with Gasteiger partial charge in [-0.05, 0) is 39.0 Å². The lowest BCUT2D eigenvalue weighted by molar-refractivity contribution is 0.0636. The largest absolute Gasteiger partial charge is 0.505 e. The summed E-state index contributed by atoms with van der Waals surface area (Å²) in [5.74, 6) is -1.06. The van der Waals surface area contributed by atoms with Crippen molar-refractivity contribution in [3.05, 3.63) is 53.8 Å². The molecular formula is C18H21FN2O3. The van der Waals surface area contributed by atoms with Crippen molar-refractivity contribution < 1.29 is 19.0 Å². The van der Waals surface area contributed by atoms with E-state index in [1.54, 1.807) is 51.1 Å². The molecule has 0 aromatic heterocycles. The number of carbonyl (C=O) groups excluding carboxylic acids is 1. The van der Waals surface area contributed by atoms with Gasteiger partial charge in [0.15, 0.2) is 11.6 Å². The van der Waals surface area contributed by atoms with Gasteiger partial charge in [0.2, 0.25) is 0 Å². The second-order valence-corrected chi connectivity index (χ2v) is 6.27. The molecule has 6 heteroatoms. The number of ether oxygens (including phenoxy) is 1. The van der Waals surface area contributed by atoms with Crippen LogP contribution in [0.2, 0.25) is 0 Å². The zero-order valence-electron chi connectivity index (χ0n) is 13.9. The molecule has 2 rings (SSSR count). The first-order chi connectivity index (χ1) is 11.3. The number of amides is 1. The summed E-state index contributed by atoms with van der Waals surface area (Å²) in [5.41, 5.74) is 0.983. The molecular weight excluding hydrogens is 311 g/mol. The van der Waals surface area contributed by atoms with Crippen LogP contribution in [0.5, 0.6) is 5.75 Å². The lowest BCUT2D eigenvalue weighted by Gasteiger charge is -2.20. The van der Waals surface area contributed by atoms with Crippen molar-refractivity contribution in [2.45, 2.75) is 32.9 Å². The lowest BCUT2D eigenvalue weighted by Crippen LogP contribution is -2.27. The van der Waals surface area contributed by atoms with Crippen molar-refractivity contribution in [3.8, 4) is 5.75 Å². The van der Waals surface area contributed by atoms with E-state index in [2.05, 4.69) is 10.6 Å². The number of para-hydroxylation sites is 3. The summed E-state index contributed by atoms with van der Waals surface area (Å²) in [6, 6.07) is 11.4. The highest BCUT2D eigenvalue weighted by Crippen LogP contribution is 2.25. The average Bonchev–Trinajstić information content (AvgIpc) is 2.48. The normalized spacial score (nSPS) is 11.0. The Labute approximate surface area is 140 Å². The Bertz CT molecular complexity index is 726. The van der Waals surface area contributed by atoms with Crippen molar-refractivity contribution in [2.75, 3.05) is 10.6 Å². The van der Waals surface area contributed by atoms with Gasteiger partial charge in [0, 0.05) is 12.1 Å². The number of phenols is 1. The molecule has 0 heterocycles. The number of carbonyl (C=O) groups is 1. The Balaban J connectivity index is 2.09. The molecule has 3 N–H and O–H groups in total. The number of benzene rings is 2. The number of phenolic OH excluding ortho intramolecular Hbond substituents is 1. The molecule has 0 fully saturated rings. The first-order valence-electron chi connectivity index (χ1n) is 7.55. The van der Waals surface area contributed by atoms with Gasteiger partial charge in [-0.2, -0.15) is 0 Å². The topological polar surface area (TPSA) is 70.6 Å². The first kappa shape index (κ1) is 17.6. The van der Waals surface area contributed by atoms with E-state index < -0.39 is 17.5 Å². The van der Waals surface area contributed by atoms with Crippen molar-refractivity contribution in [2.24, 2.45) is 0 Å². The van der Waals surface area contributed by atoms with Crippen molar-refractivity contribution in [1.29, 1.82) is 0 Å². The van der Waals surface area contributed by atoms with Crippen molar-refractivity contribution in [1.82, 2.24) is 0 Å². The standard InChI is InChI=1S/C18H21FN2O3/c1-18(2,3)24-17(23)21-15-10-5-4-9-14(15)20-11-12-7-6-8-13(19)16(12)22/h4-10,20,22H,11H2,1-3H3,(H,21,23). The van der Waals surface area contributed by atoms with E-state index in [0.717, 1.165) is 0 Å². The third kappa shape index (κ3) is 4.87. The molecule has 0 aliphatic rings. The number of hydrogen-bond donors (Lipinski definition) is 3. The molecule has 0 radical (unpaired) electrons. The van der Waals surface area contributed by atoms with E-state index in [1.165, 1.54) is 12.1 Å². The maximum atomic E-state index is 13.4. The van der Waals surface area contributed by atoms with Gasteiger partial charge < -0.3 is 15.2 Å². The van der Waals surface area contributed by atoms with Crippen LogP contribution in [0.4, 0.5) is 20.6 Å². The fraction of sp³-hybridized carbons (Fsp3) is 0.278. The monoisotopic (exact) mass is 332 g/mol. The third-order valence-corrected chi connectivity index (χ3v) is 3.10. The predicted octanol–water partition coefficient (Wildman–Crippen LogP) is 4.49. The van der Waals surface area contributed by atoms with Crippen LogP contribution in [-0.4, -0.2) is 16.8 Å². The van der Waals surface area contributed by atoms with Crippen LogP contribution in [0, 0.1) is 5.82 Å². The number of rotatable bonds is 4. The van der Waals surface area contributed by atoms with E-state index in [0.29, 0.717) is 16.9 Å². The predicted molar refractivity (Wildman–Crippen MR) is 91.7 cm³/mol. The minimum Gasteiger partial charge on any atom is -0.505 e. The van der Waals surface area contributed by atoms with Crippen LogP contribution < -0.4 is 10.6 Å². The molecule has 1 amide bonds. The van der Waals surface area contributed by atoms with Crippen molar-refractivity contribution >= 4 is 17.5 Å². The molecule has 0 saturated heterocycles. The molecule has 0 aliphatic heterocycles. The molecule has 0 bridgehead atoms. The summed E-state index contributed by atoms with van der Waals surface area (Å²) < 4.78 is 18.6. The van der Waals surface area contributed by atoms with Crippen LogP contribution in [-0.2, 0) is 11.3 Å². The van der Waals surface area contributed by atoms with E-state index in [1.807, 2.05) is 0 Å². The van der Waals surface area contributed by atoms with E-state index in [4.69, 9.17) is 4.74 Å². The van der Waals surface area contributed by atoms with Gasteiger partial charge in [0.25, 0.3) is 0 Å². The number of hydrogen-bond acceptors (Lipinski definition) is 4. The molecule has 0 saturated carbocycles. The Morgan fingerprint density at radius 2 is 1.79 bits per heavy atom. The molecule has 2 aromatic carbocycles. The summed E-state index contributed by atoms with van der Waals surface area (Å²) in [6.45, 7) is 5.55. The van der Waals surface area contributed by atoms with Gasteiger partial charge in [-0.15, -0.1) is 0 Å². The Hall–Kier alpha value is -2.76. The van der Waals surface area contributed by atoms with Crippen LogP contribution in [0.3, 0.4) is 0 Å². The van der Waals surface area contributed by atoms with E-state index >= 15 is 0 Å². The summed E-state index contributed by atoms with van der Waals surface area (Å²) >= 11 is 0. The summed E-state index contributed by atoms with van der Waals surface area (Å²) in [7, 11) is 0. The summed E-state index contributed by atoms with van der Waals surface area (Å²) in [5, 5.41) is 15.5. The first-order valence-corrected chi connectivity index (χ1v) is 7.55. The Kier molecular flexibility index (Phi) is 5.28. The zero-order chi connectivity index (χ0) is 17.7. The lowest BCUT2D eigenvalue weighted by atomic mass is 10.2. The van der Waals surface area contributed by atoms with Crippen LogP contribution in [0.25, 0.3) is 0 Å². The quantitative estimate of drug-likeness (QED) is 0.771. The van der Waals surface area contributed by atoms with Crippen LogP contribution in [0.15, 0.2) is 42.5 Å². The maximum absolute atomic E-state index is 13.4. The Morgan fingerprint density at radius 1 is 1.12 bits per heavy atom. The highest BCUT2D eigenvalue weighted by molar-refractivity contribution is 5.89. The Morgan fingerprint density at radius 3 is 2.46 bits per heavy atom. The second kappa shape index (κ2) is 7.21. The molecule has 5 nitrogen and oxygen atoms in total. The van der Waals surface area contributed by atoms with Gasteiger partial charge >= 0.3 is 6.09 Å². The van der Waals surface area contributed by atoms with Gasteiger partial charge in [0.05, 0.1) is 11.4 Å². The summed E-state index contributed by atoms with van der Waals surface area (Å²) in [6.07, 6.45) is -0.564. The highest BCUT2D eigenvalue weighted by atomic mass is 19.1. The molecule has 24 heavy (non-hydrogen) atoms. The van der Waals surface area contributed by atoms with E-state index in [9.17, 15) is 14.3 Å². The number of nitrogens with one attached hydrogen (secondary N) is 2. The minimum atomic E-state index is -0.672. The second-order valence-electron chi connectivity index (χ2n) is 6.27. The maximum Gasteiger partial charge on any atom is 0.412 e. The third-order valence-electron chi connectivity index (χ3n) is 3.10. The SMILES string of the molecule is CC(C)(C)OC(=O)Nc1ccccc1NCc1cccc(F)c1O. The summed E-state index contributed by atoms with van der Waals surface area (Å²) in [4.78, 5) is 11.9. The average molecular weight is 332 g/mol. The molecule has 0 aliphatic carbocycles. The number of anilines is 2. The fourth-order valence-corrected chi connectivity index (χ4v) is 2.05. The van der Waals surface area contributed by atoms with Crippen molar-refractivity contribution in [3.63, 3.8) is 0 Å². The minimum absolute atomic E-state index is 0.205. The smallest absolute Gasteiger partial charge is 0.412 e. The highest BCUT2D eigenvalue weighted by Gasteiger charge is 2.17. The van der Waals surface area contributed by atoms with Gasteiger partial charge in [-0.25, -0.2) is 9.18 Å². The molecule has 128 valence electrons.